The predicted octanol–water partition coefficient (Wildman–Crippen LogP) is 7.13. The first-order valence-electron chi connectivity index (χ1n) is 11.1. The van der Waals surface area contributed by atoms with E-state index in [9.17, 15) is 13.6 Å². The van der Waals surface area contributed by atoms with Gasteiger partial charge in [0.05, 0.1) is 16.1 Å². The molecule has 35 heavy (non-hydrogen) atoms. The molecular formula is C28H23ClF2N2O2. The van der Waals surface area contributed by atoms with Crippen molar-refractivity contribution in [1.82, 2.24) is 4.98 Å². The number of nitrogens with one attached hydrogen (secondary N) is 1. The molecule has 0 bridgehead atoms. The van der Waals surface area contributed by atoms with E-state index in [2.05, 4.69) is 5.32 Å². The number of pyridine rings is 1. The SMILES string of the molecule is Cc1nc(C(CNc2ccc(C(=O)O)cc2)Cc2ccccc2)ccc1-c1c(F)ccc(Cl)c1F. The van der Waals surface area contributed by atoms with Crippen LogP contribution >= 0.6 is 11.6 Å². The van der Waals surface area contributed by atoms with Crippen molar-refractivity contribution in [2.75, 3.05) is 11.9 Å². The van der Waals surface area contributed by atoms with E-state index >= 15 is 0 Å². The zero-order valence-corrected chi connectivity index (χ0v) is 19.7. The van der Waals surface area contributed by atoms with Crippen molar-refractivity contribution in [3.63, 3.8) is 0 Å². The number of aromatic carboxylic acids is 1. The molecule has 4 aromatic rings. The normalized spacial score (nSPS) is 11.8. The molecule has 178 valence electrons. The van der Waals surface area contributed by atoms with Gasteiger partial charge in [-0.1, -0.05) is 48.0 Å². The average molecular weight is 493 g/mol. The number of benzene rings is 3. The second kappa shape index (κ2) is 10.7. The van der Waals surface area contributed by atoms with Crippen LogP contribution in [0.1, 0.15) is 33.2 Å². The number of aryl methyl sites for hydroxylation is 1. The van der Waals surface area contributed by atoms with E-state index in [1.54, 1.807) is 43.3 Å². The average Bonchev–Trinajstić information content (AvgIpc) is 2.86. The number of anilines is 1. The Bertz CT molecular complexity index is 1350. The van der Waals surface area contributed by atoms with Gasteiger partial charge in [0.25, 0.3) is 0 Å². The number of nitrogens with zero attached hydrogens (tertiary/aromatic N) is 1. The fourth-order valence-electron chi connectivity index (χ4n) is 4.00. The van der Waals surface area contributed by atoms with Gasteiger partial charge in [-0.2, -0.15) is 0 Å². The van der Waals surface area contributed by atoms with Gasteiger partial charge in [0.1, 0.15) is 5.82 Å². The first kappa shape index (κ1) is 24.4. The third-order valence-corrected chi connectivity index (χ3v) is 6.14. The fourth-order valence-corrected chi connectivity index (χ4v) is 4.16. The minimum absolute atomic E-state index is 0.0571. The molecular weight excluding hydrogens is 470 g/mol. The van der Waals surface area contributed by atoms with E-state index in [1.807, 2.05) is 30.3 Å². The zero-order valence-electron chi connectivity index (χ0n) is 18.9. The second-order valence-electron chi connectivity index (χ2n) is 8.24. The Balaban J connectivity index is 1.63. The van der Waals surface area contributed by atoms with E-state index in [-0.39, 0.29) is 22.1 Å². The van der Waals surface area contributed by atoms with Gasteiger partial charge in [0.15, 0.2) is 5.82 Å². The summed E-state index contributed by atoms with van der Waals surface area (Å²) in [5.74, 6) is -2.54. The standard InChI is InChI=1S/C28H23ClF2N2O2/c1-17-22(26-24(30)13-12-23(29)27(26)31)11-14-25(33-17)20(15-18-5-3-2-4-6-18)16-32-21-9-7-19(8-10-21)28(34)35/h2-14,20,32H,15-16H2,1H3,(H,34,35). The molecule has 1 aromatic heterocycles. The van der Waals surface area contributed by atoms with Crippen LogP contribution in [-0.2, 0) is 6.42 Å². The maximum absolute atomic E-state index is 14.6. The van der Waals surface area contributed by atoms with Gasteiger partial charge >= 0.3 is 5.97 Å². The summed E-state index contributed by atoms with van der Waals surface area (Å²) in [5.41, 5.74) is 3.54. The summed E-state index contributed by atoms with van der Waals surface area (Å²) in [5, 5.41) is 12.3. The number of hydrogen-bond donors (Lipinski definition) is 2. The topological polar surface area (TPSA) is 62.2 Å². The summed E-state index contributed by atoms with van der Waals surface area (Å²) < 4.78 is 29.1. The molecule has 0 radical (unpaired) electrons. The highest BCUT2D eigenvalue weighted by Crippen LogP contribution is 2.33. The molecule has 0 aliphatic heterocycles. The number of carboxylic acids is 1. The Morgan fingerprint density at radius 2 is 1.71 bits per heavy atom. The number of carbonyl (C=O) groups is 1. The molecule has 0 saturated carbocycles. The monoisotopic (exact) mass is 492 g/mol. The maximum Gasteiger partial charge on any atom is 0.335 e. The van der Waals surface area contributed by atoms with E-state index in [4.69, 9.17) is 21.7 Å². The molecule has 0 aliphatic carbocycles. The zero-order chi connectivity index (χ0) is 24.9. The van der Waals surface area contributed by atoms with Crippen LogP contribution in [0.4, 0.5) is 14.5 Å². The van der Waals surface area contributed by atoms with E-state index in [0.29, 0.717) is 24.2 Å². The van der Waals surface area contributed by atoms with Gasteiger partial charge in [-0.3, -0.25) is 4.98 Å². The lowest BCUT2D eigenvalue weighted by molar-refractivity contribution is 0.0697. The molecule has 7 heteroatoms. The van der Waals surface area contributed by atoms with Gasteiger partial charge in [0, 0.05) is 35.1 Å². The van der Waals surface area contributed by atoms with Gasteiger partial charge < -0.3 is 10.4 Å². The smallest absolute Gasteiger partial charge is 0.335 e. The van der Waals surface area contributed by atoms with Crippen LogP contribution in [0.15, 0.2) is 78.9 Å². The molecule has 0 fully saturated rings. The highest BCUT2D eigenvalue weighted by Gasteiger charge is 2.20. The molecule has 4 nitrogen and oxygen atoms in total. The molecule has 0 aliphatic rings. The largest absolute Gasteiger partial charge is 0.478 e. The number of halogens is 3. The molecule has 0 spiro atoms. The van der Waals surface area contributed by atoms with Crippen LogP contribution in [0.5, 0.6) is 0 Å². The summed E-state index contributed by atoms with van der Waals surface area (Å²) in [6.07, 6.45) is 0.687. The van der Waals surface area contributed by atoms with Gasteiger partial charge in [0.2, 0.25) is 0 Å². The van der Waals surface area contributed by atoms with Crippen molar-refractivity contribution in [2.24, 2.45) is 0 Å². The Kier molecular flexibility index (Phi) is 7.42. The Labute approximate surface area is 207 Å². The van der Waals surface area contributed by atoms with Crippen LogP contribution in [0.3, 0.4) is 0 Å². The van der Waals surface area contributed by atoms with Crippen LogP contribution in [-0.4, -0.2) is 22.6 Å². The molecule has 0 saturated heterocycles. The number of rotatable bonds is 8. The van der Waals surface area contributed by atoms with Crippen molar-refractivity contribution in [3.05, 3.63) is 118 Å². The minimum atomic E-state index is -0.981. The lowest BCUT2D eigenvalue weighted by atomic mass is 9.93. The first-order valence-corrected chi connectivity index (χ1v) is 11.4. The third-order valence-electron chi connectivity index (χ3n) is 5.85. The molecule has 2 N–H and O–H groups in total. The van der Waals surface area contributed by atoms with Crippen molar-refractivity contribution < 1.29 is 18.7 Å². The first-order chi connectivity index (χ1) is 16.8. The maximum atomic E-state index is 14.6. The molecule has 1 atom stereocenters. The van der Waals surface area contributed by atoms with Gasteiger partial charge in [-0.05, 0) is 61.4 Å². The quantitative estimate of drug-likeness (QED) is 0.257. The van der Waals surface area contributed by atoms with Crippen molar-refractivity contribution in [1.29, 1.82) is 0 Å². The second-order valence-corrected chi connectivity index (χ2v) is 8.64. The van der Waals surface area contributed by atoms with Crippen molar-refractivity contribution in [2.45, 2.75) is 19.3 Å². The van der Waals surface area contributed by atoms with Crippen molar-refractivity contribution in [3.8, 4) is 11.1 Å². The Hall–Kier alpha value is -3.77. The number of carboxylic acid groups (broad SMARTS) is 1. The summed E-state index contributed by atoms with van der Waals surface area (Å²) in [6, 6.07) is 22.3. The van der Waals surface area contributed by atoms with Crippen LogP contribution in [0.25, 0.3) is 11.1 Å². The number of aromatic nitrogens is 1. The summed E-state index contributed by atoms with van der Waals surface area (Å²) >= 11 is 5.88. The van der Waals surface area contributed by atoms with Crippen LogP contribution in [0, 0.1) is 18.6 Å². The summed E-state index contributed by atoms with van der Waals surface area (Å²) in [6.45, 7) is 2.24. The minimum Gasteiger partial charge on any atom is -0.478 e. The summed E-state index contributed by atoms with van der Waals surface area (Å²) in [4.78, 5) is 15.8. The fraction of sp³-hybridized carbons (Fsp3) is 0.143. The Morgan fingerprint density at radius 3 is 2.37 bits per heavy atom. The number of hydrogen-bond acceptors (Lipinski definition) is 3. The molecule has 3 aromatic carbocycles. The van der Waals surface area contributed by atoms with E-state index in [1.165, 1.54) is 6.07 Å². The lowest BCUT2D eigenvalue weighted by Gasteiger charge is -2.20. The van der Waals surface area contributed by atoms with Crippen LogP contribution in [0.2, 0.25) is 5.02 Å². The van der Waals surface area contributed by atoms with Gasteiger partial charge in [-0.25, -0.2) is 13.6 Å². The molecule has 1 unspecified atom stereocenters. The summed E-state index contributed by atoms with van der Waals surface area (Å²) in [7, 11) is 0. The van der Waals surface area contributed by atoms with Gasteiger partial charge in [-0.15, -0.1) is 0 Å². The van der Waals surface area contributed by atoms with Crippen LogP contribution < -0.4 is 5.32 Å². The predicted molar refractivity (Wildman–Crippen MR) is 134 cm³/mol. The third kappa shape index (κ3) is 5.66. The lowest BCUT2D eigenvalue weighted by Crippen LogP contribution is -2.17. The molecule has 1 heterocycles. The highest BCUT2D eigenvalue weighted by atomic mass is 35.5. The molecule has 0 amide bonds. The van der Waals surface area contributed by atoms with E-state index in [0.717, 1.165) is 23.0 Å². The van der Waals surface area contributed by atoms with Crippen molar-refractivity contribution >= 4 is 23.3 Å². The Morgan fingerprint density at radius 1 is 1.00 bits per heavy atom. The highest BCUT2D eigenvalue weighted by molar-refractivity contribution is 6.31. The molecule has 4 rings (SSSR count). The van der Waals surface area contributed by atoms with E-state index < -0.39 is 17.6 Å².